The van der Waals surface area contributed by atoms with Gasteiger partial charge in [0.05, 0.1) is 12.7 Å². The third-order valence-electron chi connectivity index (χ3n) is 3.69. The standard InChI is InChI=1S/C14H28O2/c1-5-7-11(3)12(4)9-13-10-15-14(16-13)8-6-2/h11-14H,5-10H2,1-4H3/t11-,12-,13+,14?/m0/s1. The zero-order valence-electron chi connectivity index (χ0n) is 11.4. The van der Waals surface area contributed by atoms with Crippen molar-refractivity contribution in [2.75, 3.05) is 6.61 Å². The van der Waals surface area contributed by atoms with E-state index in [2.05, 4.69) is 27.7 Å². The van der Waals surface area contributed by atoms with Gasteiger partial charge in [0.25, 0.3) is 0 Å². The molecule has 2 heteroatoms. The van der Waals surface area contributed by atoms with Gasteiger partial charge >= 0.3 is 0 Å². The topological polar surface area (TPSA) is 18.5 Å². The summed E-state index contributed by atoms with van der Waals surface area (Å²) in [5, 5.41) is 0. The third kappa shape index (κ3) is 4.42. The maximum absolute atomic E-state index is 5.88. The molecule has 0 amide bonds. The van der Waals surface area contributed by atoms with Gasteiger partial charge in [-0.25, -0.2) is 0 Å². The first-order chi connectivity index (χ1) is 7.67. The molecule has 2 nitrogen and oxygen atoms in total. The fraction of sp³-hybridized carbons (Fsp3) is 1.00. The Morgan fingerprint density at radius 3 is 2.50 bits per heavy atom. The molecule has 0 aromatic rings. The van der Waals surface area contributed by atoms with Crippen LogP contribution in [0, 0.1) is 11.8 Å². The molecule has 1 heterocycles. The Morgan fingerprint density at radius 2 is 1.88 bits per heavy atom. The summed E-state index contributed by atoms with van der Waals surface area (Å²) >= 11 is 0. The second-order valence-corrected chi connectivity index (χ2v) is 5.29. The van der Waals surface area contributed by atoms with Gasteiger partial charge in [-0.05, 0) is 24.7 Å². The second-order valence-electron chi connectivity index (χ2n) is 5.29. The summed E-state index contributed by atoms with van der Waals surface area (Å²) in [7, 11) is 0. The fourth-order valence-corrected chi connectivity index (χ4v) is 2.41. The van der Waals surface area contributed by atoms with E-state index in [9.17, 15) is 0 Å². The van der Waals surface area contributed by atoms with Crippen molar-refractivity contribution in [3.05, 3.63) is 0 Å². The van der Waals surface area contributed by atoms with Crippen LogP contribution >= 0.6 is 0 Å². The van der Waals surface area contributed by atoms with Gasteiger partial charge in [0.1, 0.15) is 0 Å². The molecule has 1 aliphatic rings. The average molecular weight is 228 g/mol. The highest BCUT2D eigenvalue weighted by Crippen LogP contribution is 2.26. The lowest BCUT2D eigenvalue weighted by atomic mass is 9.87. The van der Waals surface area contributed by atoms with Gasteiger partial charge < -0.3 is 9.47 Å². The smallest absolute Gasteiger partial charge is 0.158 e. The van der Waals surface area contributed by atoms with Crippen LogP contribution in [0.15, 0.2) is 0 Å². The molecular weight excluding hydrogens is 200 g/mol. The molecule has 0 spiro atoms. The fourth-order valence-electron chi connectivity index (χ4n) is 2.41. The Kier molecular flexibility index (Phi) is 6.37. The van der Waals surface area contributed by atoms with Crippen LogP contribution in [0.25, 0.3) is 0 Å². The molecule has 4 atom stereocenters. The Hall–Kier alpha value is -0.0800. The minimum Gasteiger partial charge on any atom is -0.350 e. The van der Waals surface area contributed by atoms with E-state index in [4.69, 9.17) is 9.47 Å². The van der Waals surface area contributed by atoms with Gasteiger partial charge in [-0.15, -0.1) is 0 Å². The van der Waals surface area contributed by atoms with E-state index in [-0.39, 0.29) is 6.29 Å². The van der Waals surface area contributed by atoms with Crippen LogP contribution in [0.2, 0.25) is 0 Å². The molecule has 1 aliphatic heterocycles. The summed E-state index contributed by atoms with van der Waals surface area (Å²) in [4.78, 5) is 0. The predicted octanol–water partition coefficient (Wildman–Crippen LogP) is 3.99. The van der Waals surface area contributed by atoms with Crippen molar-refractivity contribution in [3.63, 3.8) is 0 Å². The number of hydrogen-bond acceptors (Lipinski definition) is 2. The first kappa shape index (κ1) is 14.0. The van der Waals surface area contributed by atoms with Crippen LogP contribution in [0.5, 0.6) is 0 Å². The molecule has 0 aromatic carbocycles. The molecule has 16 heavy (non-hydrogen) atoms. The van der Waals surface area contributed by atoms with Crippen molar-refractivity contribution < 1.29 is 9.47 Å². The Labute approximate surface area is 101 Å². The summed E-state index contributed by atoms with van der Waals surface area (Å²) < 4.78 is 11.5. The first-order valence-electron chi connectivity index (χ1n) is 6.94. The molecule has 1 saturated heterocycles. The van der Waals surface area contributed by atoms with Crippen LogP contribution in [0.4, 0.5) is 0 Å². The average Bonchev–Trinajstić information content (AvgIpc) is 2.66. The van der Waals surface area contributed by atoms with Crippen molar-refractivity contribution >= 4 is 0 Å². The lowest BCUT2D eigenvalue weighted by Crippen LogP contribution is -2.19. The van der Waals surface area contributed by atoms with Gasteiger partial charge in [0.2, 0.25) is 0 Å². The predicted molar refractivity (Wildman–Crippen MR) is 67.4 cm³/mol. The van der Waals surface area contributed by atoms with Crippen molar-refractivity contribution in [3.8, 4) is 0 Å². The number of ether oxygens (including phenoxy) is 2. The van der Waals surface area contributed by atoms with Crippen molar-refractivity contribution in [2.45, 2.75) is 72.2 Å². The van der Waals surface area contributed by atoms with Gasteiger partial charge in [0, 0.05) is 0 Å². The lowest BCUT2D eigenvalue weighted by molar-refractivity contribution is -0.0656. The van der Waals surface area contributed by atoms with E-state index in [1.165, 1.54) is 12.8 Å². The zero-order chi connectivity index (χ0) is 12.0. The SMILES string of the molecule is CCCC1OC[C@@H](C[C@H](C)[C@@H](C)CCC)O1. The van der Waals surface area contributed by atoms with Crippen molar-refractivity contribution in [1.82, 2.24) is 0 Å². The van der Waals surface area contributed by atoms with E-state index >= 15 is 0 Å². The van der Waals surface area contributed by atoms with Crippen molar-refractivity contribution in [1.29, 1.82) is 0 Å². The minimum atomic E-state index is 0.0729. The molecule has 0 N–H and O–H groups in total. The van der Waals surface area contributed by atoms with Gasteiger partial charge in [-0.2, -0.15) is 0 Å². The quantitative estimate of drug-likeness (QED) is 0.656. The number of hydrogen-bond donors (Lipinski definition) is 0. The van der Waals surface area contributed by atoms with Gasteiger partial charge in [0.15, 0.2) is 6.29 Å². The largest absolute Gasteiger partial charge is 0.350 e. The monoisotopic (exact) mass is 228 g/mol. The summed E-state index contributed by atoms with van der Waals surface area (Å²) in [5.74, 6) is 1.55. The van der Waals surface area contributed by atoms with Gasteiger partial charge in [-0.3, -0.25) is 0 Å². The Morgan fingerprint density at radius 1 is 1.12 bits per heavy atom. The summed E-state index contributed by atoms with van der Waals surface area (Å²) in [6.07, 6.45) is 6.35. The first-order valence-corrected chi connectivity index (χ1v) is 6.94. The molecule has 0 aliphatic carbocycles. The Bertz CT molecular complexity index is 182. The molecule has 0 radical (unpaired) electrons. The van der Waals surface area contributed by atoms with E-state index in [0.29, 0.717) is 6.10 Å². The van der Waals surface area contributed by atoms with Gasteiger partial charge in [-0.1, -0.05) is 47.0 Å². The molecule has 1 fully saturated rings. The second kappa shape index (κ2) is 7.29. The normalized spacial score (nSPS) is 29.2. The van der Waals surface area contributed by atoms with Crippen LogP contribution in [0.3, 0.4) is 0 Å². The molecule has 1 rings (SSSR count). The zero-order valence-corrected chi connectivity index (χ0v) is 11.4. The molecule has 0 aromatic heterocycles. The lowest BCUT2D eigenvalue weighted by Gasteiger charge is -2.21. The highest BCUT2D eigenvalue weighted by Gasteiger charge is 2.27. The minimum absolute atomic E-state index is 0.0729. The van der Waals surface area contributed by atoms with Crippen LogP contribution < -0.4 is 0 Å². The highest BCUT2D eigenvalue weighted by molar-refractivity contribution is 4.71. The molecular formula is C14H28O2. The maximum Gasteiger partial charge on any atom is 0.158 e. The van der Waals surface area contributed by atoms with E-state index in [0.717, 1.165) is 37.7 Å². The van der Waals surface area contributed by atoms with E-state index < -0.39 is 0 Å². The highest BCUT2D eigenvalue weighted by atomic mass is 16.7. The van der Waals surface area contributed by atoms with Crippen LogP contribution in [0.1, 0.15) is 59.8 Å². The molecule has 0 bridgehead atoms. The number of rotatable bonds is 7. The van der Waals surface area contributed by atoms with Crippen LogP contribution in [-0.4, -0.2) is 19.0 Å². The summed E-state index contributed by atoms with van der Waals surface area (Å²) in [5.41, 5.74) is 0. The molecule has 1 unspecified atom stereocenters. The summed E-state index contributed by atoms with van der Waals surface area (Å²) in [6, 6.07) is 0. The van der Waals surface area contributed by atoms with E-state index in [1.807, 2.05) is 0 Å². The Balaban J connectivity index is 2.22. The van der Waals surface area contributed by atoms with E-state index in [1.54, 1.807) is 0 Å². The summed E-state index contributed by atoms with van der Waals surface area (Å²) in [6.45, 7) is 9.93. The van der Waals surface area contributed by atoms with Crippen LogP contribution in [-0.2, 0) is 9.47 Å². The third-order valence-corrected chi connectivity index (χ3v) is 3.69. The van der Waals surface area contributed by atoms with Crippen molar-refractivity contribution in [2.24, 2.45) is 11.8 Å². The maximum atomic E-state index is 5.88. The molecule has 0 saturated carbocycles. The molecule has 96 valence electrons.